The third-order valence-corrected chi connectivity index (χ3v) is 4.91. The minimum Gasteiger partial charge on any atom is -0.380 e. The molecule has 3 heteroatoms. The van der Waals surface area contributed by atoms with Gasteiger partial charge in [-0.15, -0.1) is 0 Å². The molecule has 3 atom stereocenters. The molecule has 1 aromatic rings. The van der Waals surface area contributed by atoms with Gasteiger partial charge in [-0.2, -0.15) is 0 Å². The van der Waals surface area contributed by atoms with Crippen molar-refractivity contribution in [3.63, 3.8) is 0 Å². The molecule has 1 aliphatic rings. The van der Waals surface area contributed by atoms with E-state index in [2.05, 4.69) is 49.9 Å². The molecule has 1 heterocycles. The number of likely N-dealkylation sites (tertiary alicyclic amines) is 1. The maximum atomic E-state index is 6.53. The molecule has 0 aliphatic carbocycles. The SMILES string of the molecule is COC1CN(CC(C)(C)C(N)c2ccccc2)CCC1C. The predicted octanol–water partition coefficient (Wildman–Crippen LogP) is 3.07. The molecule has 1 aromatic carbocycles. The van der Waals surface area contributed by atoms with Crippen molar-refractivity contribution in [3.05, 3.63) is 35.9 Å². The number of nitrogens with two attached hydrogens (primary N) is 1. The van der Waals surface area contributed by atoms with Crippen LogP contribution in [0.15, 0.2) is 30.3 Å². The first-order chi connectivity index (χ1) is 9.94. The topological polar surface area (TPSA) is 38.5 Å². The zero-order chi connectivity index (χ0) is 15.5. The zero-order valence-electron chi connectivity index (χ0n) is 13.9. The Labute approximate surface area is 129 Å². The van der Waals surface area contributed by atoms with Gasteiger partial charge in [-0.25, -0.2) is 0 Å². The predicted molar refractivity (Wildman–Crippen MR) is 88.2 cm³/mol. The highest BCUT2D eigenvalue weighted by molar-refractivity contribution is 5.20. The third-order valence-electron chi connectivity index (χ3n) is 4.91. The van der Waals surface area contributed by atoms with Crippen molar-refractivity contribution in [1.82, 2.24) is 4.90 Å². The van der Waals surface area contributed by atoms with Gasteiger partial charge in [0.25, 0.3) is 0 Å². The number of nitrogens with zero attached hydrogens (tertiary/aromatic N) is 1. The lowest BCUT2D eigenvalue weighted by molar-refractivity contribution is -0.0172. The Kier molecular flexibility index (Phi) is 5.42. The quantitative estimate of drug-likeness (QED) is 0.905. The number of methoxy groups -OCH3 is 1. The molecular weight excluding hydrogens is 260 g/mol. The molecule has 1 fully saturated rings. The minimum atomic E-state index is 0.0419. The van der Waals surface area contributed by atoms with Gasteiger partial charge in [0.2, 0.25) is 0 Å². The fourth-order valence-corrected chi connectivity index (χ4v) is 3.33. The second-order valence-electron chi connectivity index (χ2n) is 7.15. The average Bonchev–Trinajstić information content (AvgIpc) is 2.49. The molecule has 0 aromatic heterocycles. The first kappa shape index (κ1) is 16.5. The lowest BCUT2D eigenvalue weighted by Crippen LogP contribution is -2.49. The lowest BCUT2D eigenvalue weighted by Gasteiger charge is -2.42. The number of rotatable bonds is 5. The number of piperidine rings is 1. The second kappa shape index (κ2) is 6.91. The van der Waals surface area contributed by atoms with Crippen molar-refractivity contribution >= 4 is 0 Å². The van der Waals surface area contributed by atoms with E-state index in [-0.39, 0.29) is 11.5 Å². The van der Waals surface area contributed by atoms with Crippen molar-refractivity contribution in [3.8, 4) is 0 Å². The Morgan fingerprint density at radius 3 is 2.62 bits per heavy atom. The van der Waals surface area contributed by atoms with Crippen molar-refractivity contribution in [2.24, 2.45) is 17.1 Å². The fourth-order valence-electron chi connectivity index (χ4n) is 3.33. The van der Waals surface area contributed by atoms with Gasteiger partial charge in [0.15, 0.2) is 0 Å². The van der Waals surface area contributed by atoms with Crippen LogP contribution in [0.4, 0.5) is 0 Å². The summed E-state index contributed by atoms with van der Waals surface area (Å²) < 4.78 is 5.62. The highest BCUT2D eigenvalue weighted by Crippen LogP contribution is 2.33. The summed E-state index contributed by atoms with van der Waals surface area (Å²) in [7, 11) is 1.82. The van der Waals surface area contributed by atoms with E-state index in [4.69, 9.17) is 10.5 Å². The van der Waals surface area contributed by atoms with Crippen LogP contribution in [0.5, 0.6) is 0 Å². The van der Waals surface area contributed by atoms with Crippen LogP contribution in [-0.2, 0) is 4.74 Å². The lowest BCUT2D eigenvalue weighted by atomic mass is 9.80. The van der Waals surface area contributed by atoms with Crippen molar-refractivity contribution in [1.29, 1.82) is 0 Å². The van der Waals surface area contributed by atoms with Gasteiger partial charge in [-0.1, -0.05) is 51.1 Å². The van der Waals surface area contributed by atoms with Gasteiger partial charge in [0, 0.05) is 26.2 Å². The molecule has 0 spiro atoms. The molecule has 2 N–H and O–H groups in total. The molecule has 2 rings (SSSR count). The van der Waals surface area contributed by atoms with Crippen LogP contribution in [0.2, 0.25) is 0 Å². The number of hydrogen-bond donors (Lipinski definition) is 1. The minimum absolute atomic E-state index is 0.0419. The highest BCUT2D eigenvalue weighted by Gasteiger charge is 2.33. The maximum absolute atomic E-state index is 6.53. The summed E-state index contributed by atoms with van der Waals surface area (Å²) in [5, 5.41) is 0. The summed E-state index contributed by atoms with van der Waals surface area (Å²) in [4.78, 5) is 2.51. The van der Waals surface area contributed by atoms with E-state index in [1.165, 1.54) is 12.0 Å². The molecule has 0 bridgehead atoms. The van der Waals surface area contributed by atoms with Gasteiger partial charge in [0.1, 0.15) is 0 Å². The summed E-state index contributed by atoms with van der Waals surface area (Å²) in [5.41, 5.74) is 7.79. The van der Waals surface area contributed by atoms with E-state index in [0.717, 1.165) is 19.6 Å². The summed E-state index contributed by atoms with van der Waals surface area (Å²) in [6.07, 6.45) is 1.55. The van der Waals surface area contributed by atoms with Crippen molar-refractivity contribution < 1.29 is 4.74 Å². The molecule has 0 saturated carbocycles. The van der Waals surface area contributed by atoms with Gasteiger partial charge in [-0.3, -0.25) is 0 Å². The largest absolute Gasteiger partial charge is 0.380 e. The van der Waals surface area contributed by atoms with E-state index in [0.29, 0.717) is 12.0 Å². The second-order valence-corrected chi connectivity index (χ2v) is 7.15. The van der Waals surface area contributed by atoms with Gasteiger partial charge in [-0.05, 0) is 29.9 Å². The summed E-state index contributed by atoms with van der Waals surface area (Å²) >= 11 is 0. The van der Waals surface area contributed by atoms with Crippen LogP contribution in [0, 0.1) is 11.3 Å². The third kappa shape index (κ3) is 4.06. The first-order valence-electron chi connectivity index (χ1n) is 7.99. The summed E-state index contributed by atoms with van der Waals surface area (Å²) in [5.74, 6) is 0.650. The van der Waals surface area contributed by atoms with Gasteiger partial charge in [0.05, 0.1) is 6.10 Å². The van der Waals surface area contributed by atoms with Crippen LogP contribution < -0.4 is 5.73 Å². The normalized spacial score (nSPS) is 25.8. The smallest absolute Gasteiger partial charge is 0.0724 e. The van der Waals surface area contributed by atoms with Gasteiger partial charge >= 0.3 is 0 Å². The Morgan fingerprint density at radius 1 is 1.33 bits per heavy atom. The summed E-state index contributed by atoms with van der Waals surface area (Å²) in [6, 6.07) is 10.5. The van der Waals surface area contributed by atoms with Crippen LogP contribution in [-0.4, -0.2) is 37.7 Å². The molecule has 1 saturated heterocycles. The number of benzene rings is 1. The molecule has 118 valence electrons. The average molecular weight is 290 g/mol. The monoisotopic (exact) mass is 290 g/mol. The van der Waals surface area contributed by atoms with Crippen LogP contribution in [0.3, 0.4) is 0 Å². The van der Waals surface area contributed by atoms with E-state index >= 15 is 0 Å². The van der Waals surface area contributed by atoms with E-state index < -0.39 is 0 Å². The molecule has 21 heavy (non-hydrogen) atoms. The van der Waals surface area contributed by atoms with E-state index in [1.54, 1.807) is 0 Å². The van der Waals surface area contributed by atoms with Crippen LogP contribution >= 0.6 is 0 Å². The first-order valence-corrected chi connectivity index (χ1v) is 7.99. The summed E-state index contributed by atoms with van der Waals surface area (Å²) in [6.45, 7) is 9.99. The molecule has 0 radical (unpaired) electrons. The number of ether oxygens (including phenoxy) is 1. The van der Waals surface area contributed by atoms with Crippen LogP contribution in [0.25, 0.3) is 0 Å². The van der Waals surface area contributed by atoms with E-state index in [9.17, 15) is 0 Å². The maximum Gasteiger partial charge on any atom is 0.0724 e. The Bertz CT molecular complexity index is 432. The Hall–Kier alpha value is -0.900. The molecule has 3 nitrogen and oxygen atoms in total. The van der Waals surface area contributed by atoms with E-state index in [1.807, 2.05) is 13.2 Å². The zero-order valence-corrected chi connectivity index (χ0v) is 13.9. The molecule has 3 unspecified atom stereocenters. The standard InChI is InChI=1S/C18H30N2O/c1-14-10-11-20(12-16(14)21-4)13-18(2,3)17(19)15-8-6-5-7-9-15/h5-9,14,16-17H,10-13,19H2,1-4H3. The van der Waals surface area contributed by atoms with Gasteiger partial charge < -0.3 is 15.4 Å². The fraction of sp³-hybridized carbons (Fsp3) is 0.667. The van der Waals surface area contributed by atoms with Crippen molar-refractivity contribution in [2.45, 2.75) is 39.3 Å². The Morgan fingerprint density at radius 2 is 2.00 bits per heavy atom. The van der Waals surface area contributed by atoms with Crippen LogP contribution in [0.1, 0.15) is 38.8 Å². The molecular formula is C18H30N2O. The Balaban J connectivity index is 2.00. The number of hydrogen-bond acceptors (Lipinski definition) is 3. The highest BCUT2D eigenvalue weighted by atomic mass is 16.5. The molecule has 0 amide bonds. The van der Waals surface area contributed by atoms with Crippen molar-refractivity contribution in [2.75, 3.05) is 26.7 Å². The molecule has 1 aliphatic heterocycles.